The molecule has 1 aliphatic rings. The van der Waals surface area contributed by atoms with E-state index in [1.54, 1.807) is 12.1 Å². The Morgan fingerprint density at radius 2 is 1.90 bits per heavy atom. The lowest BCUT2D eigenvalue weighted by Gasteiger charge is -2.11. The Hall–Kier alpha value is -1.35. The van der Waals surface area contributed by atoms with Gasteiger partial charge in [-0.1, -0.05) is 24.3 Å². The van der Waals surface area contributed by atoms with Crippen LogP contribution in [0, 0.1) is 12.7 Å². The Labute approximate surface area is 127 Å². The maximum absolute atomic E-state index is 13.4. The molecule has 0 bridgehead atoms. The van der Waals surface area contributed by atoms with Gasteiger partial charge < -0.3 is 5.32 Å². The molecule has 3 rings (SSSR count). The van der Waals surface area contributed by atoms with E-state index >= 15 is 0 Å². The Morgan fingerprint density at radius 1 is 1.20 bits per heavy atom. The average Bonchev–Trinajstić information content (AvgIpc) is 3.26. The van der Waals surface area contributed by atoms with Gasteiger partial charge in [-0.15, -0.1) is 0 Å². The molecular weight excluding hydrogens is 317 g/mol. The highest BCUT2D eigenvalue weighted by Crippen LogP contribution is 2.39. The van der Waals surface area contributed by atoms with E-state index in [2.05, 4.69) is 45.5 Å². The minimum atomic E-state index is -0.221. The van der Waals surface area contributed by atoms with Gasteiger partial charge >= 0.3 is 0 Å². The van der Waals surface area contributed by atoms with Gasteiger partial charge in [0.15, 0.2) is 0 Å². The molecule has 0 aromatic heterocycles. The molecule has 0 spiro atoms. The third kappa shape index (κ3) is 3.04. The second kappa shape index (κ2) is 5.57. The van der Waals surface area contributed by atoms with Crippen molar-refractivity contribution in [3.63, 3.8) is 0 Å². The van der Waals surface area contributed by atoms with Gasteiger partial charge in [0.05, 0.1) is 4.47 Å². The van der Waals surface area contributed by atoms with Crippen LogP contribution >= 0.6 is 15.9 Å². The predicted molar refractivity (Wildman–Crippen MR) is 84.6 cm³/mol. The maximum atomic E-state index is 13.4. The van der Waals surface area contributed by atoms with Crippen molar-refractivity contribution in [2.24, 2.45) is 0 Å². The van der Waals surface area contributed by atoms with Crippen LogP contribution in [0.1, 0.15) is 35.4 Å². The fourth-order valence-corrected chi connectivity index (χ4v) is 2.70. The Morgan fingerprint density at radius 3 is 2.55 bits per heavy atom. The SMILES string of the molecule is Cc1cc(F)c(Br)cc1NCc1ccc(C2CC2)cc1. The van der Waals surface area contributed by atoms with Crippen LogP contribution in [-0.2, 0) is 6.54 Å². The van der Waals surface area contributed by atoms with Gasteiger partial charge in [-0.25, -0.2) is 4.39 Å². The zero-order valence-electron chi connectivity index (χ0n) is 11.4. The van der Waals surface area contributed by atoms with Crippen LogP contribution in [0.15, 0.2) is 40.9 Å². The summed E-state index contributed by atoms with van der Waals surface area (Å²) in [5, 5.41) is 3.36. The van der Waals surface area contributed by atoms with E-state index in [0.717, 1.165) is 23.7 Å². The number of aryl methyl sites for hydroxylation is 1. The summed E-state index contributed by atoms with van der Waals surface area (Å²) in [6, 6.07) is 12.1. The molecule has 1 N–H and O–H groups in total. The summed E-state index contributed by atoms with van der Waals surface area (Å²) < 4.78 is 13.9. The maximum Gasteiger partial charge on any atom is 0.137 e. The van der Waals surface area contributed by atoms with Crippen LogP contribution in [0.5, 0.6) is 0 Å². The molecule has 3 heteroatoms. The second-order valence-corrected chi connectivity index (χ2v) is 6.30. The number of rotatable bonds is 4. The van der Waals surface area contributed by atoms with E-state index < -0.39 is 0 Å². The van der Waals surface area contributed by atoms with Gasteiger partial charge in [0.1, 0.15) is 5.82 Å². The molecule has 0 unspecified atom stereocenters. The molecule has 0 saturated heterocycles. The summed E-state index contributed by atoms with van der Waals surface area (Å²) in [6.45, 7) is 2.66. The first-order valence-corrected chi connectivity index (χ1v) is 7.71. The Bertz CT molecular complexity index is 618. The lowest BCUT2D eigenvalue weighted by Crippen LogP contribution is -2.01. The molecule has 1 saturated carbocycles. The van der Waals surface area contributed by atoms with E-state index in [0.29, 0.717) is 4.47 Å². The summed E-state index contributed by atoms with van der Waals surface area (Å²) in [5.41, 5.74) is 4.58. The van der Waals surface area contributed by atoms with Crippen LogP contribution < -0.4 is 5.32 Å². The van der Waals surface area contributed by atoms with E-state index in [1.807, 2.05) is 6.92 Å². The van der Waals surface area contributed by atoms with Crippen molar-refractivity contribution in [1.29, 1.82) is 0 Å². The minimum absolute atomic E-state index is 0.221. The molecular formula is C17H17BrFN. The van der Waals surface area contributed by atoms with Crippen molar-refractivity contribution in [2.45, 2.75) is 32.2 Å². The van der Waals surface area contributed by atoms with E-state index in [9.17, 15) is 4.39 Å². The van der Waals surface area contributed by atoms with Gasteiger partial charge in [-0.05, 0) is 70.4 Å². The third-order valence-corrected chi connectivity index (χ3v) is 4.39. The van der Waals surface area contributed by atoms with Crippen LogP contribution in [0.25, 0.3) is 0 Å². The standard InChI is InChI=1S/C17H17BrFN/c1-11-8-16(19)15(18)9-17(11)20-10-12-2-4-13(5-3-12)14-6-7-14/h2-5,8-9,14,20H,6-7,10H2,1H3. The zero-order chi connectivity index (χ0) is 14.1. The lowest BCUT2D eigenvalue weighted by atomic mass is 10.1. The Balaban J connectivity index is 1.68. The lowest BCUT2D eigenvalue weighted by molar-refractivity contribution is 0.620. The Kier molecular flexibility index (Phi) is 3.79. The first-order valence-electron chi connectivity index (χ1n) is 6.92. The average molecular weight is 334 g/mol. The van der Waals surface area contributed by atoms with E-state index in [-0.39, 0.29) is 5.82 Å². The van der Waals surface area contributed by atoms with Gasteiger partial charge in [-0.2, -0.15) is 0 Å². The minimum Gasteiger partial charge on any atom is -0.381 e. The summed E-state index contributed by atoms with van der Waals surface area (Å²) in [5.74, 6) is 0.578. The molecule has 1 aliphatic carbocycles. The topological polar surface area (TPSA) is 12.0 Å². The van der Waals surface area contributed by atoms with Gasteiger partial charge in [-0.3, -0.25) is 0 Å². The first kappa shape index (κ1) is 13.6. The van der Waals surface area contributed by atoms with E-state index in [4.69, 9.17) is 0 Å². The molecule has 0 aliphatic heterocycles. The monoisotopic (exact) mass is 333 g/mol. The molecule has 104 valence electrons. The second-order valence-electron chi connectivity index (χ2n) is 5.45. The highest BCUT2D eigenvalue weighted by molar-refractivity contribution is 9.10. The molecule has 0 amide bonds. The van der Waals surface area contributed by atoms with Crippen molar-refractivity contribution in [3.05, 3.63) is 63.4 Å². The normalized spacial score (nSPS) is 14.3. The van der Waals surface area contributed by atoms with Crippen molar-refractivity contribution >= 4 is 21.6 Å². The van der Waals surface area contributed by atoms with Crippen molar-refractivity contribution in [3.8, 4) is 0 Å². The van der Waals surface area contributed by atoms with Gasteiger partial charge in [0.2, 0.25) is 0 Å². The van der Waals surface area contributed by atoms with Crippen molar-refractivity contribution < 1.29 is 4.39 Å². The molecule has 0 heterocycles. The number of hydrogen-bond donors (Lipinski definition) is 1. The van der Waals surface area contributed by atoms with Crippen LogP contribution in [0.3, 0.4) is 0 Å². The molecule has 1 nitrogen and oxygen atoms in total. The molecule has 0 radical (unpaired) electrons. The smallest absolute Gasteiger partial charge is 0.137 e. The van der Waals surface area contributed by atoms with Crippen LogP contribution in [-0.4, -0.2) is 0 Å². The largest absolute Gasteiger partial charge is 0.381 e. The molecule has 2 aromatic carbocycles. The molecule has 0 atom stereocenters. The number of hydrogen-bond acceptors (Lipinski definition) is 1. The van der Waals surface area contributed by atoms with Crippen LogP contribution in [0.4, 0.5) is 10.1 Å². The summed E-state index contributed by atoms with van der Waals surface area (Å²) >= 11 is 3.22. The van der Waals surface area contributed by atoms with Crippen LogP contribution in [0.2, 0.25) is 0 Å². The predicted octanol–water partition coefficient (Wildman–Crippen LogP) is 5.39. The summed E-state index contributed by atoms with van der Waals surface area (Å²) in [6.07, 6.45) is 2.67. The summed E-state index contributed by atoms with van der Waals surface area (Å²) in [4.78, 5) is 0. The quantitative estimate of drug-likeness (QED) is 0.791. The first-order chi connectivity index (χ1) is 9.63. The molecule has 20 heavy (non-hydrogen) atoms. The fraction of sp³-hybridized carbons (Fsp3) is 0.294. The summed E-state index contributed by atoms with van der Waals surface area (Å²) in [7, 11) is 0. The number of anilines is 1. The number of halogens is 2. The van der Waals surface area contributed by atoms with Gasteiger partial charge in [0, 0.05) is 12.2 Å². The van der Waals surface area contributed by atoms with E-state index in [1.165, 1.54) is 24.0 Å². The highest BCUT2D eigenvalue weighted by Gasteiger charge is 2.22. The highest BCUT2D eigenvalue weighted by atomic mass is 79.9. The molecule has 1 fully saturated rings. The zero-order valence-corrected chi connectivity index (χ0v) is 13.0. The van der Waals surface area contributed by atoms with Crippen molar-refractivity contribution in [1.82, 2.24) is 0 Å². The number of nitrogens with one attached hydrogen (secondary N) is 1. The fourth-order valence-electron chi connectivity index (χ4n) is 2.36. The number of benzene rings is 2. The molecule has 2 aromatic rings. The van der Waals surface area contributed by atoms with Crippen molar-refractivity contribution in [2.75, 3.05) is 5.32 Å². The van der Waals surface area contributed by atoms with Gasteiger partial charge in [0.25, 0.3) is 0 Å². The third-order valence-electron chi connectivity index (χ3n) is 3.78.